The summed E-state index contributed by atoms with van der Waals surface area (Å²) in [4.78, 5) is 2.18. The number of hydrogen-bond donors (Lipinski definition) is 0. The van der Waals surface area contributed by atoms with Gasteiger partial charge in [0.25, 0.3) is 0 Å². The minimum absolute atomic E-state index is 0. The molecule has 0 aromatic heterocycles. The normalized spacial score (nSPS) is 10.2. The van der Waals surface area contributed by atoms with Crippen molar-refractivity contribution in [2.24, 2.45) is 0 Å². The number of likely N-dealkylation sites (N-methyl/N-ethyl adjacent to an activating group) is 1. The van der Waals surface area contributed by atoms with E-state index in [4.69, 9.17) is 9.47 Å². The number of hydrogen-bond acceptors (Lipinski definition) is 3. The van der Waals surface area contributed by atoms with Crippen LogP contribution in [0.3, 0.4) is 0 Å². The van der Waals surface area contributed by atoms with Gasteiger partial charge in [-0.3, -0.25) is 0 Å². The number of methoxy groups -OCH3 is 1. The molecule has 2 rings (SSSR count). The monoisotopic (exact) mass is 321 g/mol. The number of halogens is 1. The predicted octanol–water partition coefficient (Wildman–Crippen LogP) is 3.80. The van der Waals surface area contributed by atoms with E-state index in [-0.39, 0.29) is 12.4 Å². The van der Waals surface area contributed by atoms with Gasteiger partial charge in [-0.25, -0.2) is 0 Å². The Labute approximate surface area is 139 Å². The second-order valence-corrected chi connectivity index (χ2v) is 5.31. The highest BCUT2D eigenvalue weighted by Crippen LogP contribution is 2.29. The maximum atomic E-state index is 5.92. The molecule has 0 saturated carbocycles. The molecule has 0 atom stereocenters. The Kier molecular flexibility index (Phi) is 7.78. The molecular formula is C18H24ClNO2. The molecule has 120 valence electrons. The van der Waals surface area contributed by atoms with Crippen molar-refractivity contribution in [3.63, 3.8) is 0 Å². The molecule has 3 nitrogen and oxygen atoms in total. The molecule has 0 aliphatic rings. The largest absolute Gasteiger partial charge is 0.493 e. The molecule has 2 aromatic rings. The Morgan fingerprint density at radius 1 is 0.909 bits per heavy atom. The molecule has 0 aliphatic heterocycles. The first-order valence-electron chi connectivity index (χ1n) is 7.17. The van der Waals surface area contributed by atoms with Gasteiger partial charge in [0.1, 0.15) is 6.61 Å². The van der Waals surface area contributed by atoms with Gasteiger partial charge in [-0.2, -0.15) is 0 Å². The average Bonchev–Trinajstić information content (AvgIpc) is 2.52. The summed E-state index contributed by atoms with van der Waals surface area (Å²) in [6, 6.07) is 16.3. The van der Waals surface area contributed by atoms with Crippen molar-refractivity contribution in [3.8, 4) is 11.5 Å². The maximum Gasteiger partial charge on any atom is 0.161 e. The molecule has 0 spiro atoms. The van der Waals surface area contributed by atoms with Gasteiger partial charge in [0.15, 0.2) is 11.5 Å². The van der Waals surface area contributed by atoms with Crippen LogP contribution in [0.25, 0.3) is 0 Å². The van der Waals surface area contributed by atoms with E-state index in [1.807, 2.05) is 24.3 Å². The summed E-state index contributed by atoms with van der Waals surface area (Å²) >= 11 is 0. The zero-order valence-corrected chi connectivity index (χ0v) is 14.2. The van der Waals surface area contributed by atoms with E-state index in [2.05, 4.69) is 43.3 Å². The summed E-state index contributed by atoms with van der Waals surface area (Å²) in [6.07, 6.45) is 0.999. The molecule has 0 bridgehead atoms. The molecule has 0 aliphatic carbocycles. The lowest BCUT2D eigenvalue weighted by Gasteiger charge is -2.14. The molecule has 0 saturated heterocycles. The first-order valence-corrected chi connectivity index (χ1v) is 7.17. The summed E-state index contributed by atoms with van der Waals surface area (Å²) in [5.41, 5.74) is 2.41. The second kappa shape index (κ2) is 9.34. The highest BCUT2D eigenvalue weighted by Gasteiger charge is 2.06. The molecule has 0 unspecified atom stereocenters. The highest BCUT2D eigenvalue weighted by atomic mass is 35.5. The van der Waals surface area contributed by atoms with Crippen LogP contribution in [0.4, 0.5) is 0 Å². The van der Waals surface area contributed by atoms with Crippen molar-refractivity contribution in [1.82, 2.24) is 4.90 Å². The lowest BCUT2D eigenvalue weighted by Crippen LogP contribution is -2.15. The summed E-state index contributed by atoms with van der Waals surface area (Å²) in [5, 5.41) is 0. The van der Waals surface area contributed by atoms with Crippen LogP contribution in [0.15, 0.2) is 48.5 Å². The number of ether oxygens (including phenoxy) is 2. The van der Waals surface area contributed by atoms with Crippen molar-refractivity contribution in [2.75, 3.05) is 27.7 Å². The molecule has 0 radical (unpaired) electrons. The standard InChI is InChI=1S/C18H23NO2.ClH/c1-19(2)12-11-15-9-10-17(20-3)18(13-15)21-14-16-7-5-4-6-8-16;/h4-10,13H,11-12,14H2,1-3H3;1H. The topological polar surface area (TPSA) is 21.7 Å². The smallest absolute Gasteiger partial charge is 0.161 e. The summed E-state index contributed by atoms with van der Waals surface area (Å²) < 4.78 is 11.3. The van der Waals surface area contributed by atoms with Gasteiger partial charge in [0.05, 0.1) is 7.11 Å². The van der Waals surface area contributed by atoms with Crippen molar-refractivity contribution in [2.45, 2.75) is 13.0 Å². The SMILES string of the molecule is COc1ccc(CCN(C)C)cc1OCc1ccccc1.Cl. The predicted molar refractivity (Wildman–Crippen MR) is 93.3 cm³/mol. The Balaban J connectivity index is 0.00000242. The molecule has 22 heavy (non-hydrogen) atoms. The molecule has 4 heteroatoms. The van der Waals surface area contributed by atoms with E-state index >= 15 is 0 Å². The fourth-order valence-corrected chi connectivity index (χ4v) is 2.08. The molecule has 2 aromatic carbocycles. The van der Waals surface area contributed by atoms with E-state index in [1.165, 1.54) is 5.56 Å². The Morgan fingerprint density at radius 2 is 1.64 bits per heavy atom. The van der Waals surface area contributed by atoms with Crippen LogP contribution in [-0.4, -0.2) is 32.6 Å². The summed E-state index contributed by atoms with van der Waals surface area (Å²) in [6.45, 7) is 1.57. The maximum absolute atomic E-state index is 5.92. The first-order chi connectivity index (χ1) is 10.2. The van der Waals surface area contributed by atoms with Crippen LogP contribution in [0, 0.1) is 0 Å². The van der Waals surface area contributed by atoms with E-state index in [9.17, 15) is 0 Å². The zero-order chi connectivity index (χ0) is 15.1. The van der Waals surface area contributed by atoms with E-state index in [1.54, 1.807) is 7.11 Å². The second-order valence-electron chi connectivity index (χ2n) is 5.31. The summed E-state index contributed by atoms with van der Waals surface area (Å²) in [5.74, 6) is 1.58. The number of rotatable bonds is 7. The fourth-order valence-electron chi connectivity index (χ4n) is 2.08. The first kappa shape index (κ1) is 18.3. The molecular weight excluding hydrogens is 298 g/mol. The van der Waals surface area contributed by atoms with Gasteiger partial charge in [-0.1, -0.05) is 36.4 Å². The minimum Gasteiger partial charge on any atom is -0.493 e. The zero-order valence-electron chi connectivity index (χ0n) is 13.4. The van der Waals surface area contributed by atoms with Crippen LogP contribution >= 0.6 is 12.4 Å². The number of nitrogens with zero attached hydrogens (tertiary/aromatic N) is 1. The van der Waals surface area contributed by atoms with Crippen LogP contribution in [-0.2, 0) is 13.0 Å². The lowest BCUT2D eigenvalue weighted by atomic mass is 10.1. The molecule has 0 N–H and O–H groups in total. The van der Waals surface area contributed by atoms with Gasteiger partial charge in [0.2, 0.25) is 0 Å². The Bertz CT molecular complexity index is 558. The third-order valence-electron chi connectivity index (χ3n) is 3.31. The van der Waals surface area contributed by atoms with Crippen molar-refractivity contribution in [3.05, 3.63) is 59.7 Å². The van der Waals surface area contributed by atoms with Crippen molar-refractivity contribution < 1.29 is 9.47 Å². The third kappa shape index (κ3) is 5.58. The van der Waals surface area contributed by atoms with Crippen LogP contribution in [0.1, 0.15) is 11.1 Å². The quantitative estimate of drug-likeness (QED) is 0.774. The van der Waals surface area contributed by atoms with Gasteiger partial charge >= 0.3 is 0 Å². The van der Waals surface area contributed by atoms with Crippen LogP contribution in [0.2, 0.25) is 0 Å². The van der Waals surface area contributed by atoms with E-state index < -0.39 is 0 Å². The van der Waals surface area contributed by atoms with Gasteiger partial charge < -0.3 is 14.4 Å². The third-order valence-corrected chi connectivity index (χ3v) is 3.31. The van der Waals surface area contributed by atoms with Crippen molar-refractivity contribution >= 4 is 12.4 Å². The molecule has 0 fully saturated rings. The fraction of sp³-hybridized carbons (Fsp3) is 0.333. The summed E-state index contributed by atoms with van der Waals surface area (Å²) in [7, 11) is 5.83. The number of benzene rings is 2. The molecule has 0 heterocycles. The van der Waals surface area contributed by atoms with Gasteiger partial charge in [-0.15, -0.1) is 12.4 Å². The lowest BCUT2D eigenvalue weighted by molar-refractivity contribution is 0.284. The van der Waals surface area contributed by atoms with Gasteiger partial charge in [-0.05, 0) is 43.8 Å². The highest BCUT2D eigenvalue weighted by molar-refractivity contribution is 5.85. The van der Waals surface area contributed by atoms with Gasteiger partial charge in [0, 0.05) is 6.54 Å². The average molecular weight is 322 g/mol. The van der Waals surface area contributed by atoms with E-state index in [0.29, 0.717) is 6.61 Å². The minimum atomic E-state index is 0. The Hall–Kier alpha value is -1.71. The van der Waals surface area contributed by atoms with Crippen LogP contribution in [0.5, 0.6) is 11.5 Å². The van der Waals surface area contributed by atoms with Crippen LogP contribution < -0.4 is 9.47 Å². The Morgan fingerprint density at radius 3 is 2.27 bits per heavy atom. The van der Waals surface area contributed by atoms with E-state index in [0.717, 1.165) is 30.0 Å². The van der Waals surface area contributed by atoms with Crippen molar-refractivity contribution in [1.29, 1.82) is 0 Å². The molecule has 0 amide bonds.